The maximum absolute atomic E-state index is 12.4. The molecule has 0 aromatic heterocycles. The molecule has 7 nitrogen and oxygen atoms in total. The van der Waals surface area contributed by atoms with Crippen molar-refractivity contribution in [3.05, 3.63) is 0 Å². The van der Waals surface area contributed by atoms with Crippen LogP contribution in [0.5, 0.6) is 0 Å². The summed E-state index contributed by atoms with van der Waals surface area (Å²) in [7, 11) is 3.51. The van der Waals surface area contributed by atoms with Gasteiger partial charge in [-0.1, -0.05) is 0 Å². The molecule has 2 amide bonds. The number of amides is 2. The lowest BCUT2D eigenvalue weighted by molar-refractivity contribution is -0.128. The smallest absolute Gasteiger partial charge is 0.410 e. The number of ether oxygens (including phenoxy) is 2. The molecule has 2 unspecified atom stereocenters. The third-order valence-corrected chi connectivity index (χ3v) is 3.81. The minimum absolute atomic E-state index is 0.0133. The van der Waals surface area contributed by atoms with Crippen LogP contribution in [0.2, 0.25) is 0 Å². The van der Waals surface area contributed by atoms with Crippen molar-refractivity contribution in [3.63, 3.8) is 0 Å². The Morgan fingerprint density at radius 1 is 1.38 bits per heavy atom. The fourth-order valence-corrected chi connectivity index (χ4v) is 2.55. The van der Waals surface area contributed by atoms with E-state index in [1.807, 2.05) is 20.8 Å². The van der Waals surface area contributed by atoms with Crippen LogP contribution in [0.25, 0.3) is 0 Å². The summed E-state index contributed by atoms with van der Waals surface area (Å²) in [5, 5.41) is 3.34. The molecule has 0 bridgehead atoms. The molecule has 1 fully saturated rings. The molecule has 0 spiro atoms. The van der Waals surface area contributed by atoms with Crippen LogP contribution >= 0.6 is 0 Å². The lowest BCUT2D eigenvalue weighted by Gasteiger charge is -2.37. The topological polar surface area (TPSA) is 71.1 Å². The van der Waals surface area contributed by atoms with Crippen molar-refractivity contribution >= 4 is 12.0 Å². The summed E-state index contributed by atoms with van der Waals surface area (Å²) in [6.45, 7) is 9.88. The maximum atomic E-state index is 12.4. The van der Waals surface area contributed by atoms with Crippen LogP contribution in [-0.4, -0.2) is 79.9 Å². The monoisotopic (exact) mass is 343 g/mol. The molecule has 0 aromatic carbocycles. The highest BCUT2D eigenvalue weighted by Crippen LogP contribution is 2.17. The van der Waals surface area contributed by atoms with Gasteiger partial charge < -0.3 is 24.6 Å². The van der Waals surface area contributed by atoms with Gasteiger partial charge in [0.2, 0.25) is 5.91 Å². The van der Waals surface area contributed by atoms with Gasteiger partial charge in [-0.05, 0) is 34.1 Å². The third kappa shape index (κ3) is 7.49. The zero-order valence-corrected chi connectivity index (χ0v) is 15.9. The summed E-state index contributed by atoms with van der Waals surface area (Å²) in [4.78, 5) is 27.3. The predicted molar refractivity (Wildman–Crippen MR) is 92.9 cm³/mol. The molecule has 0 saturated carbocycles. The molecule has 1 saturated heterocycles. The molecule has 1 heterocycles. The Kier molecular flexibility index (Phi) is 7.96. The summed E-state index contributed by atoms with van der Waals surface area (Å²) in [6, 6.07) is 0.164. The standard InChI is InChI=1S/C17H33N3O4/c1-13(18-8-7-15(21)19(5)6)11-14-12-23-10-9-20(14)16(22)24-17(2,3)4/h13-14,18H,7-12H2,1-6H3. The highest BCUT2D eigenvalue weighted by Gasteiger charge is 2.31. The van der Waals surface area contributed by atoms with Crippen LogP contribution in [-0.2, 0) is 14.3 Å². The molecule has 2 atom stereocenters. The highest BCUT2D eigenvalue weighted by atomic mass is 16.6. The molecule has 1 rings (SSSR count). The van der Waals surface area contributed by atoms with Crippen LogP contribution in [0.3, 0.4) is 0 Å². The minimum atomic E-state index is -0.504. The molecule has 24 heavy (non-hydrogen) atoms. The van der Waals surface area contributed by atoms with E-state index in [9.17, 15) is 9.59 Å². The van der Waals surface area contributed by atoms with Crippen molar-refractivity contribution in [1.82, 2.24) is 15.1 Å². The summed E-state index contributed by atoms with van der Waals surface area (Å²) in [5.74, 6) is 0.103. The Morgan fingerprint density at radius 3 is 2.62 bits per heavy atom. The van der Waals surface area contributed by atoms with Gasteiger partial charge >= 0.3 is 6.09 Å². The third-order valence-electron chi connectivity index (χ3n) is 3.81. The molecule has 0 aliphatic carbocycles. The SMILES string of the molecule is CC(CC1COCCN1C(=O)OC(C)(C)C)NCCC(=O)N(C)C. The molecule has 1 N–H and O–H groups in total. The van der Waals surface area contributed by atoms with E-state index in [1.54, 1.807) is 23.9 Å². The van der Waals surface area contributed by atoms with E-state index in [-0.39, 0.29) is 24.1 Å². The zero-order valence-electron chi connectivity index (χ0n) is 15.9. The van der Waals surface area contributed by atoms with Gasteiger partial charge in [0.25, 0.3) is 0 Å². The summed E-state index contributed by atoms with van der Waals surface area (Å²) in [6.07, 6.45) is 0.940. The van der Waals surface area contributed by atoms with Gasteiger partial charge in [0, 0.05) is 39.6 Å². The Labute approximate surface area is 145 Å². The van der Waals surface area contributed by atoms with E-state index >= 15 is 0 Å². The van der Waals surface area contributed by atoms with E-state index in [0.29, 0.717) is 32.7 Å². The number of morpholine rings is 1. The molecular weight excluding hydrogens is 310 g/mol. The minimum Gasteiger partial charge on any atom is -0.444 e. The predicted octanol–water partition coefficient (Wildman–Crippen LogP) is 1.47. The highest BCUT2D eigenvalue weighted by molar-refractivity contribution is 5.75. The van der Waals surface area contributed by atoms with Crippen molar-refractivity contribution in [1.29, 1.82) is 0 Å². The molecule has 1 aliphatic rings. The first-order valence-corrected chi connectivity index (χ1v) is 8.61. The van der Waals surface area contributed by atoms with Crippen molar-refractivity contribution in [2.75, 3.05) is 40.4 Å². The second kappa shape index (κ2) is 9.22. The summed E-state index contributed by atoms with van der Waals surface area (Å²) in [5.41, 5.74) is -0.504. The molecule has 1 aliphatic heterocycles. The number of hydrogen-bond acceptors (Lipinski definition) is 5. The average molecular weight is 343 g/mol. The van der Waals surface area contributed by atoms with E-state index in [2.05, 4.69) is 12.2 Å². The summed E-state index contributed by atoms with van der Waals surface area (Å²) < 4.78 is 11.0. The Morgan fingerprint density at radius 2 is 2.04 bits per heavy atom. The molecule has 140 valence electrons. The van der Waals surface area contributed by atoms with Gasteiger partial charge in [0.15, 0.2) is 0 Å². The number of hydrogen-bond donors (Lipinski definition) is 1. The second-order valence-electron chi connectivity index (χ2n) is 7.53. The number of rotatable bonds is 6. The van der Waals surface area contributed by atoms with Gasteiger partial charge in [-0.15, -0.1) is 0 Å². The quantitative estimate of drug-likeness (QED) is 0.791. The Balaban J connectivity index is 2.47. The molecule has 7 heteroatoms. The van der Waals surface area contributed by atoms with Crippen molar-refractivity contribution in [2.24, 2.45) is 0 Å². The first-order chi connectivity index (χ1) is 11.1. The Hall–Kier alpha value is -1.34. The van der Waals surface area contributed by atoms with E-state index in [1.165, 1.54) is 0 Å². The maximum Gasteiger partial charge on any atom is 0.410 e. The van der Waals surface area contributed by atoms with Crippen molar-refractivity contribution in [3.8, 4) is 0 Å². The first kappa shape index (κ1) is 20.7. The largest absolute Gasteiger partial charge is 0.444 e. The van der Waals surface area contributed by atoms with Gasteiger partial charge in [0.1, 0.15) is 5.60 Å². The zero-order chi connectivity index (χ0) is 18.3. The first-order valence-electron chi connectivity index (χ1n) is 8.61. The number of carbonyl (C=O) groups is 2. The lowest BCUT2D eigenvalue weighted by Crippen LogP contribution is -2.52. The fourth-order valence-electron chi connectivity index (χ4n) is 2.55. The van der Waals surface area contributed by atoms with Gasteiger partial charge in [0.05, 0.1) is 19.3 Å². The van der Waals surface area contributed by atoms with Gasteiger partial charge in [-0.3, -0.25) is 4.79 Å². The van der Waals surface area contributed by atoms with Crippen LogP contribution in [0.4, 0.5) is 4.79 Å². The summed E-state index contributed by atoms with van der Waals surface area (Å²) >= 11 is 0. The van der Waals surface area contributed by atoms with E-state index < -0.39 is 5.60 Å². The van der Waals surface area contributed by atoms with Crippen LogP contribution in [0.15, 0.2) is 0 Å². The number of nitrogens with zero attached hydrogens (tertiary/aromatic N) is 2. The molecule has 0 radical (unpaired) electrons. The Bertz CT molecular complexity index is 421. The van der Waals surface area contributed by atoms with Crippen LogP contribution in [0, 0.1) is 0 Å². The van der Waals surface area contributed by atoms with Crippen LogP contribution in [0.1, 0.15) is 40.5 Å². The van der Waals surface area contributed by atoms with E-state index in [0.717, 1.165) is 6.42 Å². The fraction of sp³-hybridized carbons (Fsp3) is 0.882. The van der Waals surface area contributed by atoms with E-state index in [4.69, 9.17) is 9.47 Å². The van der Waals surface area contributed by atoms with Crippen LogP contribution < -0.4 is 5.32 Å². The second-order valence-corrected chi connectivity index (χ2v) is 7.53. The van der Waals surface area contributed by atoms with Gasteiger partial charge in [-0.2, -0.15) is 0 Å². The normalized spacial score (nSPS) is 19.8. The molecule has 0 aromatic rings. The number of carbonyl (C=O) groups excluding carboxylic acids is 2. The van der Waals surface area contributed by atoms with Crippen molar-refractivity contribution < 1.29 is 19.1 Å². The van der Waals surface area contributed by atoms with Gasteiger partial charge in [-0.25, -0.2) is 4.79 Å². The van der Waals surface area contributed by atoms with Crippen molar-refractivity contribution in [2.45, 2.75) is 58.2 Å². The average Bonchev–Trinajstić information content (AvgIpc) is 2.45. The lowest BCUT2D eigenvalue weighted by atomic mass is 10.1. The number of nitrogens with one attached hydrogen (secondary N) is 1. The molecular formula is C17H33N3O4.